The molecule has 0 bridgehead atoms. The second-order valence-corrected chi connectivity index (χ2v) is 7.07. The van der Waals surface area contributed by atoms with Crippen LogP contribution in [0.2, 0.25) is 10.1 Å². The fourth-order valence-electron chi connectivity index (χ4n) is 1.41. The Morgan fingerprint density at radius 2 is 2.00 bits per heavy atom. The summed E-state index contributed by atoms with van der Waals surface area (Å²) in [5.41, 5.74) is 0. The summed E-state index contributed by atoms with van der Waals surface area (Å²) in [7, 11) is 0. The van der Waals surface area contributed by atoms with Crippen LogP contribution in [-0.4, -0.2) is 15.0 Å². The van der Waals surface area contributed by atoms with E-state index in [0.29, 0.717) is 0 Å². The van der Waals surface area contributed by atoms with E-state index in [9.17, 15) is 0 Å². The van der Waals surface area contributed by atoms with Gasteiger partial charge in [-0.3, -0.25) is 0 Å². The van der Waals surface area contributed by atoms with Crippen molar-refractivity contribution in [1.29, 1.82) is 0 Å². The average molecular weight is 247 g/mol. The molecule has 0 heterocycles. The molecule has 0 rings (SSSR count). The van der Waals surface area contributed by atoms with Crippen molar-refractivity contribution in [3.8, 4) is 0 Å². The summed E-state index contributed by atoms with van der Waals surface area (Å²) < 4.78 is 0. The molecule has 0 aromatic carbocycles. The Bertz CT molecular complexity index is 118. The summed E-state index contributed by atoms with van der Waals surface area (Å²) in [5, 5.41) is 1.41. The Hall–Kier alpha value is 0.259. The first-order valence-electron chi connectivity index (χ1n) is 5.54. The minimum atomic E-state index is 0.906. The zero-order chi connectivity index (χ0) is 9.94. The molecule has 0 saturated heterocycles. The number of unbranched alkanes of at least 4 members (excludes halogenated alkanes) is 3. The van der Waals surface area contributed by atoms with Gasteiger partial charge < -0.3 is 0 Å². The molecule has 0 amide bonds. The van der Waals surface area contributed by atoms with Crippen LogP contribution in [0.25, 0.3) is 0 Å². The zero-order valence-corrected chi connectivity index (χ0v) is 11.1. The SMILES string of the molecule is CC=CCCCCCC(C)[Se]CC. The van der Waals surface area contributed by atoms with Crippen molar-refractivity contribution in [2.45, 2.75) is 63.0 Å². The Morgan fingerprint density at radius 3 is 2.62 bits per heavy atom. The molecule has 0 aliphatic heterocycles. The molecule has 1 heteroatoms. The molecule has 0 radical (unpaired) electrons. The van der Waals surface area contributed by atoms with Crippen LogP contribution in [0.1, 0.15) is 52.9 Å². The fraction of sp³-hybridized carbons (Fsp3) is 0.833. The van der Waals surface area contributed by atoms with Gasteiger partial charge in [-0.05, 0) is 0 Å². The molecule has 0 aromatic heterocycles. The first-order valence-corrected chi connectivity index (χ1v) is 7.74. The van der Waals surface area contributed by atoms with Gasteiger partial charge in [-0.15, -0.1) is 0 Å². The Balaban J connectivity index is 3.06. The standard InChI is InChI=1S/C12H24Se/c1-4-6-7-8-9-10-11-12(3)13-5-2/h4,6,12H,5,7-11H2,1-3H3. The Labute approximate surface area is 90.3 Å². The Morgan fingerprint density at radius 1 is 1.23 bits per heavy atom. The van der Waals surface area contributed by atoms with E-state index >= 15 is 0 Å². The van der Waals surface area contributed by atoms with Crippen LogP contribution in [0, 0.1) is 0 Å². The van der Waals surface area contributed by atoms with E-state index in [-0.39, 0.29) is 0 Å². The van der Waals surface area contributed by atoms with Crippen molar-refractivity contribution in [2.24, 2.45) is 0 Å². The van der Waals surface area contributed by atoms with E-state index in [1.54, 1.807) is 0 Å². The Kier molecular flexibility index (Phi) is 10.5. The van der Waals surface area contributed by atoms with Crippen molar-refractivity contribution in [3.63, 3.8) is 0 Å². The van der Waals surface area contributed by atoms with Crippen LogP contribution in [0.5, 0.6) is 0 Å². The molecule has 0 aromatic rings. The van der Waals surface area contributed by atoms with Gasteiger partial charge >= 0.3 is 90.1 Å². The molecule has 0 aliphatic rings. The van der Waals surface area contributed by atoms with E-state index in [2.05, 4.69) is 32.9 Å². The zero-order valence-electron chi connectivity index (χ0n) is 9.38. The van der Waals surface area contributed by atoms with Gasteiger partial charge in [0.15, 0.2) is 0 Å². The summed E-state index contributed by atoms with van der Waals surface area (Å²) >= 11 is 0.906. The van der Waals surface area contributed by atoms with Crippen molar-refractivity contribution < 1.29 is 0 Å². The van der Waals surface area contributed by atoms with E-state index < -0.39 is 0 Å². The van der Waals surface area contributed by atoms with Crippen LogP contribution in [0.15, 0.2) is 12.2 Å². The third-order valence-electron chi connectivity index (χ3n) is 2.17. The molecule has 0 N–H and O–H groups in total. The van der Waals surface area contributed by atoms with Gasteiger partial charge in [0.25, 0.3) is 0 Å². The molecule has 1 atom stereocenters. The van der Waals surface area contributed by atoms with Crippen molar-refractivity contribution in [1.82, 2.24) is 0 Å². The fourth-order valence-corrected chi connectivity index (χ4v) is 3.30. The van der Waals surface area contributed by atoms with Crippen LogP contribution in [-0.2, 0) is 0 Å². The van der Waals surface area contributed by atoms with Crippen molar-refractivity contribution >= 4 is 15.0 Å². The predicted octanol–water partition coefficient (Wildman–Crippen LogP) is 4.46. The predicted molar refractivity (Wildman–Crippen MR) is 63.6 cm³/mol. The maximum absolute atomic E-state index is 2.41. The average Bonchev–Trinajstić information content (AvgIpc) is 2.11. The number of allylic oxidation sites excluding steroid dienone is 2. The summed E-state index contributed by atoms with van der Waals surface area (Å²) in [6.07, 6.45) is 11.4. The molecule has 0 nitrogen and oxygen atoms in total. The van der Waals surface area contributed by atoms with E-state index in [0.717, 1.165) is 19.8 Å². The van der Waals surface area contributed by atoms with Crippen molar-refractivity contribution in [3.05, 3.63) is 12.2 Å². The minimum absolute atomic E-state index is 0.906. The third-order valence-corrected chi connectivity index (χ3v) is 4.56. The van der Waals surface area contributed by atoms with Gasteiger partial charge in [-0.2, -0.15) is 0 Å². The van der Waals surface area contributed by atoms with Crippen LogP contribution in [0.3, 0.4) is 0 Å². The van der Waals surface area contributed by atoms with E-state index in [4.69, 9.17) is 0 Å². The molecule has 0 spiro atoms. The molecule has 13 heavy (non-hydrogen) atoms. The first kappa shape index (κ1) is 13.3. The summed E-state index contributed by atoms with van der Waals surface area (Å²) in [6.45, 7) is 6.82. The van der Waals surface area contributed by atoms with Gasteiger partial charge in [-0.1, -0.05) is 0 Å². The number of rotatable bonds is 8. The van der Waals surface area contributed by atoms with Gasteiger partial charge in [-0.25, -0.2) is 0 Å². The van der Waals surface area contributed by atoms with Gasteiger partial charge in [0.05, 0.1) is 0 Å². The van der Waals surface area contributed by atoms with Crippen LogP contribution in [0.4, 0.5) is 0 Å². The molecule has 0 aliphatic carbocycles. The molecular formula is C12H24Se. The van der Waals surface area contributed by atoms with Crippen molar-refractivity contribution in [2.75, 3.05) is 0 Å². The molecule has 78 valence electrons. The maximum atomic E-state index is 2.41. The first-order chi connectivity index (χ1) is 6.31. The van der Waals surface area contributed by atoms with Gasteiger partial charge in [0.1, 0.15) is 0 Å². The summed E-state index contributed by atoms with van der Waals surface area (Å²) in [4.78, 5) is 1.01. The normalized spacial score (nSPS) is 13.8. The van der Waals surface area contributed by atoms with E-state index in [1.165, 1.54) is 37.4 Å². The topological polar surface area (TPSA) is 0 Å². The second kappa shape index (κ2) is 10.3. The van der Waals surface area contributed by atoms with Gasteiger partial charge in [0, 0.05) is 0 Å². The summed E-state index contributed by atoms with van der Waals surface area (Å²) in [5.74, 6) is 0. The van der Waals surface area contributed by atoms with E-state index in [1.807, 2.05) is 0 Å². The monoisotopic (exact) mass is 248 g/mol. The second-order valence-electron chi connectivity index (χ2n) is 3.47. The summed E-state index contributed by atoms with van der Waals surface area (Å²) in [6, 6.07) is 0. The molecule has 0 saturated carbocycles. The van der Waals surface area contributed by atoms with Gasteiger partial charge in [0.2, 0.25) is 0 Å². The number of hydrogen-bond donors (Lipinski definition) is 0. The molecule has 1 unspecified atom stereocenters. The van der Waals surface area contributed by atoms with Crippen LogP contribution >= 0.6 is 0 Å². The quantitative estimate of drug-likeness (QED) is 0.337. The van der Waals surface area contributed by atoms with Crippen LogP contribution < -0.4 is 0 Å². The molecule has 0 fully saturated rings. The molecular weight excluding hydrogens is 223 g/mol. The number of hydrogen-bond acceptors (Lipinski definition) is 0. The third kappa shape index (κ3) is 10.2.